The summed E-state index contributed by atoms with van der Waals surface area (Å²) in [6.45, 7) is 12.7. The molecule has 0 radical (unpaired) electrons. The van der Waals surface area contributed by atoms with E-state index >= 15 is 0 Å². The average Bonchev–Trinajstić information content (AvgIpc) is 3.10. The van der Waals surface area contributed by atoms with Gasteiger partial charge in [-0.2, -0.15) is 0 Å². The fourth-order valence-electron chi connectivity index (χ4n) is 5.77. The Labute approximate surface area is 358 Å². The first-order valence-corrected chi connectivity index (χ1v) is 16.8. The van der Waals surface area contributed by atoms with E-state index in [0.29, 0.717) is 0 Å². The van der Waals surface area contributed by atoms with Gasteiger partial charge in [-0.1, -0.05) is 114 Å². The van der Waals surface area contributed by atoms with E-state index in [4.69, 9.17) is 0 Å². The van der Waals surface area contributed by atoms with Crippen molar-refractivity contribution < 1.29 is 74.1 Å². The minimum atomic E-state index is -0.151. The van der Waals surface area contributed by atoms with Crippen LogP contribution >= 0.6 is 0 Å². The standard InChI is InChI=1S/3C15H16O2.2CH3.2Ti/c3*1-15(2,11-3-7-13(16)8-4-11)12-5-9-14(17)10-6-12;;;;/h3*3-10,16-17H,1-2H3;2*1H3;;/q;;;2*-1;;. The zero-order chi connectivity index (χ0) is 37.4. The van der Waals surface area contributed by atoms with Gasteiger partial charge in [-0.15, -0.1) is 0 Å². The fraction of sp³-hybridized carbons (Fsp3) is 0.191. The van der Waals surface area contributed by atoms with Gasteiger partial charge in [-0.3, -0.25) is 0 Å². The molecule has 55 heavy (non-hydrogen) atoms. The largest absolute Gasteiger partial charge is 0.508 e. The molecule has 0 heterocycles. The van der Waals surface area contributed by atoms with Crippen LogP contribution in [0.2, 0.25) is 0 Å². The number of rotatable bonds is 6. The Morgan fingerprint density at radius 2 is 0.327 bits per heavy atom. The van der Waals surface area contributed by atoms with Gasteiger partial charge in [0.15, 0.2) is 0 Å². The Balaban J connectivity index is 0.000000767. The molecule has 0 unspecified atom stereocenters. The first kappa shape index (κ1) is 50.5. The summed E-state index contributed by atoms with van der Waals surface area (Å²) in [4.78, 5) is 0. The summed E-state index contributed by atoms with van der Waals surface area (Å²) < 4.78 is 0. The van der Waals surface area contributed by atoms with Crippen LogP contribution in [0.25, 0.3) is 0 Å². The predicted octanol–water partition coefficient (Wildman–Crippen LogP) is 11.2. The van der Waals surface area contributed by atoms with Gasteiger partial charge in [0, 0.05) is 59.7 Å². The fourth-order valence-corrected chi connectivity index (χ4v) is 5.77. The zero-order valence-corrected chi connectivity index (χ0v) is 36.2. The number of hydrogen-bond donors (Lipinski definition) is 6. The molecule has 0 fully saturated rings. The first-order valence-electron chi connectivity index (χ1n) is 16.8. The van der Waals surface area contributed by atoms with Gasteiger partial charge < -0.3 is 45.5 Å². The number of aromatic hydroxyl groups is 6. The van der Waals surface area contributed by atoms with Gasteiger partial charge in [0.05, 0.1) is 0 Å². The maximum atomic E-state index is 9.30. The number of benzene rings is 6. The van der Waals surface area contributed by atoms with Crippen LogP contribution in [0.4, 0.5) is 0 Å². The summed E-state index contributed by atoms with van der Waals surface area (Å²) in [6, 6.07) is 43.3. The quantitative estimate of drug-likeness (QED) is 0.0736. The summed E-state index contributed by atoms with van der Waals surface area (Å²) in [5.74, 6) is 1.64. The van der Waals surface area contributed by atoms with Gasteiger partial charge in [0.2, 0.25) is 0 Å². The van der Waals surface area contributed by atoms with Crippen molar-refractivity contribution in [1.82, 2.24) is 0 Å². The van der Waals surface area contributed by atoms with E-state index in [-0.39, 0.29) is 109 Å². The van der Waals surface area contributed by atoms with Gasteiger partial charge in [0.1, 0.15) is 34.5 Å². The molecule has 0 aliphatic rings. The van der Waals surface area contributed by atoms with Gasteiger partial charge >= 0.3 is 0 Å². The maximum Gasteiger partial charge on any atom is 0.115 e. The van der Waals surface area contributed by atoms with Gasteiger partial charge in [0.25, 0.3) is 0 Å². The Kier molecular flexibility index (Phi) is 19.8. The Morgan fingerprint density at radius 3 is 0.418 bits per heavy atom. The van der Waals surface area contributed by atoms with Crippen molar-refractivity contribution in [2.24, 2.45) is 0 Å². The van der Waals surface area contributed by atoms with Crippen LogP contribution in [0.3, 0.4) is 0 Å². The molecule has 6 aromatic rings. The van der Waals surface area contributed by atoms with Gasteiger partial charge in [-0.05, 0) is 106 Å². The van der Waals surface area contributed by atoms with Crippen molar-refractivity contribution >= 4 is 0 Å². The van der Waals surface area contributed by atoms with E-state index in [9.17, 15) is 30.6 Å². The summed E-state index contributed by atoms with van der Waals surface area (Å²) in [5, 5.41) is 55.8. The molecule has 0 amide bonds. The molecule has 6 N–H and O–H groups in total. The number of hydrogen-bond acceptors (Lipinski definition) is 6. The van der Waals surface area contributed by atoms with Crippen molar-refractivity contribution in [1.29, 1.82) is 0 Å². The molecule has 288 valence electrons. The molecule has 8 heteroatoms. The average molecular weight is 811 g/mol. The summed E-state index contributed by atoms with van der Waals surface area (Å²) in [6.07, 6.45) is 0. The van der Waals surface area contributed by atoms with Crippen molar-refractivity contribution in [2.75, 3.05) is 0 Å². The van der Waals surface area contributed by atoms with Crippen LogP contribution in [0, 0.1) is 14.9 Å². The number of phenols is 6. The van der Waals surface area contributed by atoms with Crippen LogP contribution in [-0.2, 0) is 59.7 Å². The van der Waals surface area contributed by atoms with E-state index in [1.165, 1.54) is 0 Å². The minimum absolute atomic E-state index is 0. The summed E-state index contributed by atoms with van der Waals surface area (Å²) in [7, 11) is 0. The van der Waals surface area contributed by atoms with Crippen molar-refractivity contribution in [3.63, 3.8) is 0 Å². The Bertz CT molecular complexity index is 1590. The second kappa shape index (κ2) is 21.6. The zero-order valence-electron chi connectivity index (χ0n) is 33.0. The van der Waals surface area contributed by atoms with Crippen LogP contribution in [0.5, 0.6) is 34.5 Å². The normalized spacial score (nSPS) is 10.6. The monoisotopic (exact) mass is 810 g/mol. The Morgan fingerprint density at radius 1 is 0.236 bits per heavy atom. The minimum Gasteiger partial charge on any atom is -0.508 e. The molecule has 0 aliphatic heterocycles. The molecule has 0 saturated carbocycles. The van der Waals surface area contributed by atoms with E-state index in [1.54, 1.807) is 72.8 Å². The van der Waals surface area contributed by atoms with E-state index in [2.05, 4.69) is 41.5 Å². The topological polar surface area (TPSA) is 121 Å². The molecule has 0 spiro atoms. The number of phenolic OH excluding ortho intramolecular Hbond substituents is 6. The molecule has 0 bridgehead atoms. The molecule has 6 aromatic carbocycles. The third kappa shape index (κ3) is 13.4. The third-order valence-electron chi connectivity index (χ3n) is 9.53. The van der Waals surface area contributed by atoms with Crippen LogP contribution in [-0.4, -0.2) is 30.6 Å². The maximum absolute atomic E-state index is 9.30. The Hall–Kier alpha value is -4.45. The molecule has 0 aromatic heterocycles. The van der Waals surface area contributed by atoms with Crippen molar-refractivity contribution in [3.8, 4) is 34.5 Å². The molecule has 6 nitrogen and oxygen atoms in total. The SMILES string of the molecule is CC(C)(c1ccc(O)cc1)c1ccc(O)cc1.CC(C)(c1ccc(O)cc1)c1ccc(O)cc1.CC(C)(c1ccc(O)cc1)c1ccc(O)cc1.[CH3-].[CH3-].[Ti].[Ti]. The molecule has 0 saturated heterocycles. The third-order valence-corrected chi connectivity index (χ3v) is 9.53. The molecular formula is C47H54O6Ti2-2. The van der Waals surface area contributed by atoms with Crippen molar-refractivity contribution in [3.05, 3.63) is 194 Å². The van der Waals surface area contributed by atoms with Crippen molar-refractivity contribution in [2.45, 2.75) is 57.8 Å². The van der Waals surface area contributed by atoms with E-state index < -0.39 is 0 Å². The molecule has 0 atom stereocenters. The summed E-state index contributed by atoms with van der Waals surface area (Å²) in [5.41, 5.74) is 6.30. The van der Waals surface area contributed by atoms with Gasteiger partial charge in [-0.25, -0.2) is 0 Å². The molecular weight excluding hydrogens is 756 g/mol. The predicted molar refractivity (Wildman–Crippen MR) is 218 cm³/mol. The molecule has 0 aliphatic carbocycles. The van der Waals surface area contributed by atoms with E-state index in [0.717, 1.165) is 33.4 Å². The van der Waals surface area contributed by atoms with E-state index in [1.807, 2.05) is 72.8 Å². The van der Waals surface area contributed by atoms with Crippen LogP contribution < -0.4 is 0 Å². The first-order chi connectivity index (χ1) is 24.0. The van der Waals surface area contributed by atoms with Crippen LogP contribution in [0.1, 0.15) is 74.9 Å². The smallest absolute Gasteiger partial charge is 0.115 e. The second-order valence-electron chi connectivity index (χ2n) is 14.2. The second-order valence-corrected chi connectivity index (χ2v) is 14.2. The summed E-state index contributed by atoms with van der Waals surface area (Å²) >= 11 is 0. The van der Waals surface area contributed by atoms with Crippen LogP contribution in [0.15, 0.2) is 146 Å². The molecule has 6 rings (SSSR count).